The van der Waals surface area contributed by atoms with Crippen molar-refractivity contribution in [3.63, 3.8) is 0 Å². The molecule has 14 aromatic rings. The third-order valence-electron chi connectivity index (χ3n) is 16.8. The van der Waals surface area contributed by atoms with Gasteiger partial charge in [-0.2, -0.15) is 5.26 Å². The van der Waals surface area contributed by atoms with Gasteiger partial charge in [0, 0.05) is 32.3 Å². The Hall–Kier alpha value is -10.7. The molecule has 0 unspecified atom stereocenters. The van der Waals surface area contributed by atoms with Crippen molar-refractivity contribution >= 4 is 94.2 Å². The highest BCUT2D eigenvalue weighted by Crippen LogP contribution is 2.46. The molecule has 3 heterocycles. The summed E-state index contributed by atoms with van der Waals surface area (Å²) in [6, 6.07) is 84.5. The van der Waals surface area contributed by atoms with Gasteiger partial charge in [-0.25, -0.2) is 0 Å². The molecule has 408 valence electrons. The fourth-order valence-corrected chi connectivity index (χ4v) is 17.6. The van der Waals surface area contributed by atoms with Gasteiger partial charge in [0.25, 0.3) is 0 Å². The Bertz CT molecular complexity index is 4550. The summed E-state index contributed by atoms with van der Waals surface area (Å²) in [7, 11) is 6.80. The van der Waals surface area contributed by atoms with Crippen LogP contribution in [0.25, 0.3) is 93.6 Å². The Labute approximate surface area is 486 Å². The molecule has 0 bridgehead atoms. The van der Waals surface area contributed by atoms with Crippen molar-refractivity contribution in [2.75, 3.05) is 42.7 Å². The molecular weight excluding hydrogens is 1060 g/mol. The monoisotopic (exact) mass is 1110 g/mol. The SMILES string of the molecule is COc1ccc2c(c1)c1cc(OC)ccc1n2-c1cc([Si](c2ccccc2)(c2ccccc2)c2ccc(-c3ccc(C#N)cc3)cc2)cc(-n2c3ccc(OC)cc3c3cc(OC)ccc32)c1-n1c2ccc(OC)cc2c2cc(OC)ccc21. The van der Waals surface area contributed by atoms with E-state index in [9.17, 15) is 5.26 Å². The summed E-state index contributed by atoms with van der Waals surface area (Å²) >= 11 is 0. The lowest BCUT2D eigenvalue weighted by Gasteiger charge is -2.36. The van der Waals surface area contributed by atoms with Crippen LogP contribution in [0.5, 0.6) is 34.5 Å². The number of benzene rings is 11. The average molecular weight is 1110 g/mol. The molecular formula is C73H56N4O6Si. The summed E-state index contributed by atoms with van der Waals surface area (Å²) in [5, 5.41) is 20.5. The molecule has 11 aromatic carbocycles. The lowest BCUT2D eigenvalue weighted by molar-refractivity contribution is 0.415. The predicted octanol–water partition coefficient (Wildman–Crippen LogP) is 13.9. The highest BCUT2D eigenvalue weighted by Gasteiger charge is 2.43. The summed E-state index contributed by atoms with van der Waals surface area (Å²) < 4.78 is 43.4. The normalized spacial score (nSPS) is 11.7. The van der Waals surface area contributed by atoms with E-state index in [4.69, 9.17) is 28.4 Å². The lowest BCUT2D eigenvalue weighted by atomic mass is 10.0. The minimum Gasteiger partial charge on any atom is -0.497 e. The van der Waals surface area contributed by atoms with Crippen molar-refractivity contribution in [1.82, 2.24) is 13.7 Å². The third kappa shape index (κ3) is 8.05. The van der Waals surface area contributed by atoms with Crippen molar-refractivity contribution in [1.29, 1.82) is 5.26 Å². The summed E-state index contributed by atoms with van der Waals surface area (Å²) in [5.41, 5.74) is 11.3. The fraction of sp³-hybridized carbons (Fsp3) is 0.0822. The predicted molar refractivity (Wildman–Crippen MR) is 343 cm³/mol. The van der Waals surface area contributed by atoms with Gasteiger partial charge in [0.15, 0.2) is 8.07 Å². The largest absolute Gasteiger partial charge is 0.497 e. The van der Waals surface area contributed by atoms with Crippen molar-refractivity contribution < 1.29 is 28.4 Å². The van der Waals surface area contributed by atoms with Gasteiger partial charge in [-0.3, -0.25) is 0 Å². The number of hydrogen-bond donors (Lipinski definition) is 0. The zero-order valence-corrected chi connectivity index (χ0v) is 48.2. The van der Waals surface area contributed by atoms with Crippen LogP contribution in [0.15, 0.2) is 231 Å². The van der Waals surface area contributed by atoms with Gasteiger partial charge in [-0.1, -0.05) is 97.1 Å². The minimum absolute atomic E-state index is 0.619. The van der Waals surface area contributed by atoms with E-state index >= 15 is 0 Å². The first-order chi connectivity index (χ1) is 41.3. The van der Waals surface area contributed by atoms with Crippen molar-refractivity contribution in [2.45, 2.75) is 0 Å². The number of rotatable bonds is 14. The van der Waals surface area contributed by atoms with Crippen molar-refractivity contribution in [3.05, 3.63) is 236 Å². The van der Waals surface area contributed by atoms with Crippen LogP contribution in [-0.4, -0.2) is 64.4 Å². The number of fused-ring (bicyclic) bond motifs is 9. The zero-order chi connectivity index (χ0) is 57.2. The molecule has 0 saturated heterocycles. The Morgan fingerprint density at radius 1 is 0.298 bits per heavy atom. The first-order valence-electron chi connectivity index (χ1n) is 27.7. The molecule has 11 heteroatoms. The number of methoxy groups -OCH3 is 6. The van der Waals surface area contributed by atoms with Crippen LogP contribution in [0.4, 0.5) is 0 Å². The lowest BCUT2D eigenvalue weighted by Crippen LogP contribution is -2.74. The maximum Gasteiger partial charge on any atom is 0.179 e. The molecule has 0 radical (unpaired) electrons. The number of hydrogen-bond acceptors (Lipinski definition) is 7. The summed E-state index contributed by atoms with van der Waals surface area (Å²) in [4.78, 5) is 0. The Balaban J connectivity index is 1.25. The molecule has 0 saturated carbocycles. The van der Waals surface area contributed by atoms with Crippen molar-refractivity contribution in [3.8, 4) is 68.8 Å². The van der Waals surface area contributed by atoms with E-state index in [0.29, 0.717) is 5.56 Å². The maximum absolute atomic E-state index is 9.73. The van der Waals surface area contributed by atoms with Crippen LogP contribution in [0.3, 0.4) is 0 Å². The highest BCUT2D eigenvalue weighted by molar-refractivity contribution is 7.20. The summed E-state index contributed by atoms with van der Waals surface area (Å²) in [5.74, 6) is 4.44. The van der Waals surface area contributed by atoms with E-state index in [1.54, 1.807) is 42.7 Å². The van der Waals surface area contributed by atoms with E-state index in [0.717, 1.165) is 133 Å². The number of nitrogens with zero attached hydrogens (tertiary/aromatic N) is 4. The topological polar surface area (TPSA) is 94.0 Å². The first-order valence-corrected chi connectivity index (χ1v) is 29.7. The quantitative estimate of drug-likeness (QED) is 0.0791. The number of ether oxygens (including phenoxy) is 6. The molecule has 3 aromatic heterocycles. The van der Waals surface area contributed by atoms with Gasteiger partial charge in [0.2, 0.25) is 0 Å². The molecule has 0 spiro atoms. The van der Waals surface area contributed by atoms with E-state index in [-0.39, 0.29) is 0 Å². The molecule has 10 nitrogen and oxygen atoms in total. The number of aromatic nitrogens is 3. The van der Waals surface area contributed by atoms with Crippen LogP contribution >= 0.6 is 0 Å². The Kier molecular flexibility index (Phi) is 12.7. The van der Waals surface area contributed by atoms with Gasteiger partial charge >= 0.3 is 0 Å². The fourth-order valence-electron chi connectivity index (χ4n) is 12.9. The molecule has 0 aliphatic carbocycles. The van der Waals surface area contributed by atoms with Gasteiger partial charge in [0.05, 0.1) is 104 Å². The number of nitriles is 1. The van der Waals surface area contributed by atoms with Crippen LogP contribution in [0.2, 0.25) is 0 Å². The van der Waals surface area contributed by atoms with E-state index in [1.807, 2.05) is 36.4 Å². The van der Waals surface area contributed by atoms with E-state index in [2.05, 4.69) is 214 Å². The second kappa shape index (κ2) is 20.7. The standard InChI is InChI=1S/C73H56N4O6Si/c1-78-49-23-31-65-59(37-49)60-38-50(79-2)24-32-66(60)75(65)71-43-58(84(55-13-9-7-10-14-55,56-15-11-8-12-16-56)57-29-21-48(22-30-57)47-19-17-46(45-74)18-20-47)44-72(76-67-33-25-51(80-3)39-61(67)62-40-52(81-4)26-34-68(62)76)73(71)77-69-35-27-53(82-5)41-63(69)64-42-54(83-6)28-36-70(64)77/h7-44H,1-6H3. The molecule has 14 rings (SSSR count). The summed E-state index contributed by atoms with van der Waals surface area (Å²) in [6.07, 6.45) is 0. The van der Waals surface area contributed by atoms with Crippen LogP contribution in [0, 0.1) is 11.3 Å². The Morgan fingerprint density at radius 3 is 0.881 bits per heavy atom. The van der Waals surface area contributed by atoms with Crippen LogP contribution in [-0.2, 0) is 0 Å². The van der Waals surface area contributed by atoms with E-state index < -0.39 is 8.07 Å². The smallest absolute Gasteiger partial charge is 0.179 e. The maximum atomic E-state index is 9.73. The van der Waals surface area contributed by atoms with Gasteiger partial charge < -0.3 is 42.1 Å². The minimum atomic E-state index is -3.49. The molecule has 84 heavy (non-hydrogen) atoms. The molecule has 0 N–H and O–H groups in total. The van der Waals surface area contributed by atoms with Crippen molar-refractivity contribution in [2.24, 2.45) is 0 Å². The van der Waals surface area contributed by atoms with Gasteiger partial charge in [-0.15, -0.1) is 0 Å². The van der Waals surface area contributed by atoms with Gasteiger partial charge in [0.1, 0.15) is 34.5 Å². The third-order valence-corrected chi connectivity index (χ3v) is 21.6. The van der Waals surface area contributed by atoms with Crippen LogP contribution < -0.4 is 49.2 Å². The zero-order valence-electron chi connectivity index (χ0n) is 47.2. The van der Waals surface area contributed by atoms with Gasteiger partial charge in [-0.05, 0) is 165 Å². The Morgan fingerprint density at radius 2 is 0.583 bits per heavy atom. The summed E-state index contributed by atoms with van der Waals surface area (Å²) in [6.45, 7) is 0. The average Bonchev–Trinajstić information content (AvgIpc) is 4.31. The first kappa shape index (κ1) is 51.5. The molecule has 0 aliphatic heterocycles. The molecule has 0 atom stereocenters. The second-order valence-corrected chi connectivity index (χ2v) is 24.7. The molecule has 0 aliphatic rings. The van der Waals surface area contributed by atoms with E-state index in [1.165, 1.54) is 15.6 Å². The molecule has 0 amide bonds. The highest BCUT2D eigenvalue weighted by atomic mass is 28.3. The van der Waals surface area contributed by atoms with Crippen LogP contribution in [0.1, 0.15) is 5.56 Å². The molecule has 0 fully saturated rings. The second-order valence-electron chi connectivity index (χ2n) is 20.9.